The van der Waals surface area contributed by atoms with Gasteiger partial charge in [-0.15, -0.1) is 0 Å². The van der Waals surface area contributed by atoms with Gasteiger partial charge in [0, 0.05) is 12.3 Å². The van der Waals surface area contributed by atoms with Crippen LogP contribution in [0.15, 0.2) is 36.8 Å². The number of nitrogen functional groups attached to an aromatic ring is 1. The fraction of sp³-hybridized carbons (Fsp3) is 0.0909. The smallest absolute Gasteiger partial charge is 0.222 e. The third-order valence-corrected chi connectivity index (χ3v) is 2.00. The Morgan fingerprint density at radius 1 is 1.27 bits per heavy atom. The van der Waals surface area contributed by atoms with Crippen molar-refractivity contribution in [1.29, 1.82) is 0 Å². The van der Waals surface area contributed by atoms with E-state index in [0.29, 0.717) is 17.3 Å². The summed E-state index contributed by atoms with van der Waals surface area (Å²) >= 11 is 0. The first kappa shape index (κ1) is 9.45. The average Bonchev–Trinajstić information content (AvgIpc) is 2.25. The van der Waals surface area contributed by atoms with E-state index in [-0.39, 0.29) is 0 Å². The topological polar surface area (TPSA) is 61.0 Å². The predicted molar refractivity (Wildman–Crippen MR) is 57.7 cm³/mol. The van der Waals surface area contributed by atoms with Crippen molar-refractivity contribution in [3.8, 4) is 11.6 Å². The van der Waals surface area contributed by atoms with Crippen molar-refractivity contribution in [2.24, 2.45) is 0 Å². The van der Waals surface area contributed by atoms with E-state index in [1.165, 1.54) is 6.33 Å². The number of ether oxygens (including phenoxy) is 1. The van der Waals surface area contributed by atoms with Gasteiger partial charge in [-0.05, 0) is 18.6 Å². The zero-order chi connectivity index (χ0) is 10.7. The number of nitrogens with zero attached hydrogens (tertiary/aromatic N) is 2. The van der Waals surface area contributed by atoms with Crippen molar-refractivity contribution >= 4 is 5.69 Å². The van der Waals surface area contributed by atoms with Crippen molar-refractivity contribution in [1.82, 2.24) is 9.97 Å². The van der Waals surface area contributed by atoms with E-state index in [9.17, 15) is 0 Å². The minimum Gasteiger partial charge on any atom is -0.436 e. The van der Waals surface area contributed by atoms with E-state index in [1.54, 1.807) is 18.3 Å². The minimum absolute atomic E-state index is 0.492. The van der Waals surface area contributed by atoms with E-state index < -0.39 is 0 Å². The van der Waals surface area contributed by atoms with Crippen molar-refractivity contribution in [2.75, 3.05) is 5.73 Å². The molecular formula is C11H11N3O. The summed E-state index contributed by atoms with van der Waals surface area (Å²) in [6.45, 7) is 1.94. The molecule has 4 heteroatoms. The number of rotatable bonds is 2. The first-order chi connectivity index (χ1) is 7.27. The molecule has 0 unspecified atom stereocenters. The van der Waals surface area contributed by atoms with Crippen LogP contribution in [0.4, 0.5) is 5.69 Å². The summed E-state index contributed by atoms with van der Waals surface area (Å²) in [4.78, 5) is 7.78. The second-order valence-electron chi connectivity index (χ2n) is 3.14. The van der Waals surface area contributed by atoms with Crippen molar-refractivity contribution in [3.63, 3.8) is 0 Å². The summed E-state index contributed by atoms with van der Waals surface area (Å²) in [7, 11) is 0. The molecule has 0 aliphatic carbocycles. The maximum Gasteiger partial charge on any atom is 0.222 e. The standard InChI is InChI=1S/C11H11N3O/c1-8-3-2-4-9(12)11(8)15-10-5-6-13-7-14-10/h2-7H,12H2,1H3. The lowest BCUT2D eigenvalue weighted by molar-refractivity contribution is 0.460. The Labute approximate surface area is 87.7 Å². The average molecular weight is 201 g/mol. The van der Waals surface area contributed by atoms with Gasteiger partial charge in [0.2, 0.25) is 5.88 Å². The molecule has 0 fully saturated rings. The highest BCUT2D eigenvalue weighted by atomic mass is 16.5. The normalized spacial score (nSPS) is 9.93. The molecular weight excluding hydrogens is 190 g/mol. The largest absolute Gasteiger partial charge is 0.436 e. The van der Waals surface area contributed by atoms with Crippen LogP contribution in [0.1, 0.15) is 5.56 Å². The summed E-state index contributed by atoms with van der Waals surface area (Å²) in [6, 6.07) is 7.31. The van der Waals surface area contributed by atoms with Gasteiger partial charge in [-0.1, -0.05) is 12.1 Å². The summed E-state index contributed by atoms with van der Waals surface area (Å²) in [5, 5.41) is 0. The molecule has 0 aliphatic rings. The number of nitrogens with two attached hydrogens (primary N) is 1. The predicted octanol–water partition coefficient (Wildman–Crippen LogP) is 2.16. The van der Waals surface area contributed by atoms with Crippen LogP contribution >= 0.6 is 0 Å². The van der Waals surface area contributed by atoms with Gasteiger partial charge in [-0.2, -0.15) is 0 Å². The third-order valence-electron chi connectivity index (χ3n) is 2.00. The highest BCUT2D eigenvalue weighted by molar-refractivity contribution is 5.57. The lowest BCUT2D eigenvalue weighted by atomic mass is 10.2. The molecule has 0 spiro atoms. The maximum absolute atomic E-state index is 5.80. The molecule has 15 heavy (non-hydrogen) atoms. The minimum atomic E-state index is 0.492. The number of hydrogen-bond donors (Lipinski definition) is 1. The first-order valence-corrected chi connectivity index (χ1v) is 4.56. The van der Waals surface area contributed by atoms with E-state index in [4.69, 9.17) is 10.5 Å². The molecule has 1 heterocycles. The Kier molecular flexibility index (Phi) is 2.49. The number of anilines is 1. The third kappa shape index (κ3) is 2.04. The Hall–Kier alpha value is -2.10. The van der Waals surface area contributed by atoms with Crippen LogP contribution in [0.25, 0.3) is 0 Å². The highest BCUT2D eigenvalue weighted by Gasteiger charge is 2.05. The van der Waals surface area contributed by atoms with Gasteiger partial charge in [-0.25, -0.2) is 9.97 Å². The van der Waals surface area contributed by atoms with Gasteiger partial charge in [0.15, 0.2) is 5.75 Å². The van der Waals surface area contributed by atoms with Crippen molar-refractivity contribution in [2.45, 2.75) is 6.92 Å². The van der Waals surface area contributed by atoms with Crippen LogP contribution in [-0.4, -0.2) is 9.97 Å². The molecule has 0 bridgehead atoms. The van der Waals surface area contributed by atoms with Crippen LogP contribution in [0.2, 0.25) is 0 Å². The molecule has 4 nitrogen and oxygen atoms in total. The molecule has 1 aromatic carbocycles. The van der Waals surface area contributed by atoms with Crippen LogP contribution in [0, 0.1) is 6.92 Å². The van der Waals surface area contributed by atoms with Gasteiger partial charge in [-0.3, -0.25) is 0 Å². The zero-order valence-corrected chi connectivity index (χ0v) is 8.34. The molecule has 0 saturated carbocycles. The van der Waals surface area contributed by atoms with E-state index in [1.807, 2.05) is 19.1 Å². The van der Waals surface area contributed by atoms with Gasteiger partial charge < -0.3 is 10.5 Å². The summed E-state index contributed by atoms with van der Waals surface area (Å²) in [6.07, 6.45) is 3.06. The lowest BCUT2D eigenvalue weighted by Crippen LogP contribution is -1.95. The molecule has 0 amide bonds. The van der Waals surface area contributed by atoms with E-state index in [0.717, 1.165) is 5.56 Å². The van der Waals surface area contributed by atoms with E-state index in [2.05, 4.69) is 9.97 Å². The van der Waals surface area contributed by atoms with Crippen LogP contribution in [-0.2, 0) is 0 Å². The zero-order valence-electron chi connectivity index (χ0n) is 8.34. The number of benzene rings is 1. The quantitative estimate of drug-likeness (QED) is 0.756. The van der Waals surface area contributed by atoms with Crippen molar-refractivity contribution < 1.29 is 4.74 Å². The Balaban J connectivity index is 2.32. The summed E-state index contributed by atoms with van der Waals surface area (Å²) in [5.74, 6) is 1.14. The number of hydrogen-bond acceptors (Lipinski definition) is 4. The Morgan fingerprint density at radius 3 is 2.80 bits per heavy atom. The van der Waals surface area contributed by atoms with Gasteiger partial charge >= 0.3 is 0 Å². The number of aromatic nitrogens is 2. The molecule has 0 radical (unpaired) electrons. The lowest BCUT2D eigenvalue weighted by Gasteiger charge is -2.09. The van der Waals surface area contributed by atoms with Crippen LogP contribution in [0.5, 0.6) is 11.6 Å². The molecule has 2 N–H and O–H groups in total. The molecule has 2 aromatic rings. The monoisotopic (exact) mass is 201 g/mol. The number of aryl methyl sites for hydroxylation is 1. The van der Waals surface area contributed by atoms with Crippen LogP contribution < -0.4 is 10.5 Å². The SMILES string of the molecule is Cc1cccc(N)c1Oc1ccncn1. The maximum atomic E-state index is 5.80. The van der Waals surface area contributed by atoms with Gasteiger partial charge in [0.1, 0.15) is 6.33 Å². The highest BCUT2D eigenvalue weighted by Crippen LogP contribution is 2.29. The summed E-state index contributed by atoms with van der Waals surface area (Å²) in [5.41, 5.74) is 7.39. The fourth-order valence-corrected chi connectivity index (χ4v) is 1.26. The molecule has 0 saturated heterocycles. The second kappa shape index (κ2) is 3.96. The molecule has 2 rings (SSSR count). The fourth-order valence-electron chi connectivity index (χ4n) is 1.26. The Morgan fingerprint density at radius 2 is 2.13 bits per heavy atom. The number of para-hydroxylation sites is 1. The molecule has 76 valence electrons. The van der Waals surface area contributed by atoms with Crippen molar-refractivity contribution in [3.05, 3.63) is 42.4 Å². The second-order valence-corrected chi connectivity index (χ2v) is 3.14. The molecule has 0 aliphatic heterocycles. The first-order valence-electron chi connectivity index (χ1n) is 4.56. The van der Waals surface area contributed by atoms with E-state index >= 15 is 0 Å². The Bertz CT molecular complexity index is 436. The van der Waals surface area contributed by atoms with Crippen LogP contribution in [0.3, 0.4) is 0 Å². The van der Waals surface area contributed by atoms with Gasteiger partial charge in [0.25, 0.3) is 0 Å². The van der Waals surface area contributed by atoms with Gasteiger partial charge in [0.05, 0.1) is 5.69 Å². The molecule has 0 atom stereocenters. The summed E-state index contributed by atoms with van der Waals surface area (Å²) < 4.78 is 5.56. The molecule has 1 aromatic heterocycles.